The summed E-state index contributed by atoms with van der Waals surface area (Å²) in [6.45, 7) is 0.895. The van der Waals surface area contributed by atoms with Gasteiger partial charge in [0.1, 0.15) is 5.84 Å². The van der Waals surface area contributed by atoms with Gasteiger partial charge in [0.05, 0.1) is 6.67 Å². The second-order valence-corrected chi connectivity index (χ2v) is 3.71. The predicted molar refractivity (Wildman–Crippen MR) is 67.3 cm³/mol. The summed E-state index contributed by atoms with van der Waals surface area (Å²) in [4.78, 5) is 2.03. The van der Waals surface area contributed by atoms with Gasteiger partial charge in [-0.1, -0.05) is 23.4 Å². The molecule has 0 saturated heterocycles. The van der Waals surface area contributed by atoms with Gasteiger partial charge in [0.2, 0.25) is 0 Å². The number of oxime groups is 1. The zero-order chi connectivity index (χ0) is 12.5. The monoisotopic (exact) mass is 239 g/mol. The second-order valence-electron chi connectivity index (χ2n) is 3.71. The van der Waals surface area contributed by atoms with Gasteiger partial charge in [-0.25, -0.2) is 0 Å². The van der Waals surface area contributed by atoms with Crippen molar-refractivity contribution >= 4 is 11.5 Å². The highest BCUT2D eigenvalue weighted by molar-refractivity contribution is 5.80. The molecule has 0 aliphatic carbocycles. The van der Waals surface area contributed by atoms with Crippen molar-refractivity contribution in [1.29, 1.82) is 0 Å². The summed E-state index contributed by atoms with van der Waals surface area (Å²) >= 11 is 0. The van der Waals surface area contributed by atoms with Gasteiger partial charge >= 0.3 is 0 Å². The molecule has 1 aromatic rings. The highest BCUT2D eigenvalue weighted by Gasteiger charge is 2.06. The van der Waals surface area contributed by atoms with Crippen LogP contribution in [0, 0.1) is 0 Å². The van der Waals surface area contributed by atoms with Crippen molar-refractivity contribution in [3.05, 3.63) is 30.3 Å². The lowest BCUT2D eigenvalue weighted by Gasteiger charge is -2.24. The van der Waals surface area contributed by atoms with Gasteiger partial charge in [-0.15, -0.1) is 0 Å². The molecule has 94 valence electrons. The topological polar surface area (TPSA) is 61.8 Å². The molecule has 0 radical (unpaired) electrons. The fourth-order valence-corrected chi connectivity index (χ4v) is 1.56. The van der Waals surface area contributed by atoms with E-state index >= 15 is 0 Å². The first-order valence-electron chi connectivity index (χ1n) is 5.60. The summed E-state index contributed by atoms with van der Waals surface area (Å²) in [5.41, 5.74) is 6.45. The van der Waals surface area contributed by atoms with E-state index in [2.05, 4.69) is 5.16 Å². The Morgan fingerprint density at radius 1 is 1.29 bits per heavy atom. The Morgan fingerprint density at radius 2 is 2.00 bits per heavy atom. The van der Waals surface area contributed by atoms with Crippen LogP contribution in [0.1, 0.15) is 12.8 Å². The first-order valence-corrected chi connectivity index (χ1v) is 5.60. The van der Waals surface area contributed by atoms with Gasteiger partial charge in [-0.2, -0.15) is 0 Å². The van der Waals surface area contributed by atoms with E-state index in [9.17, 15) is 4.39 Å². The molecule has 0 spiro atoms. The Labute approximate surface area is 101 Å². The molecule has 0 atom stereocenters. The number of rotatable bonds is 7. The second kappa shape index (κ2) is 7.49. The van der Waals surface area contributed by atoms with E-state index in [1.165, 1.54) is 0 Å². The normalized spacial score (nSPS) is 11.5. The summed E-state index contributed by atoms with van der Waals surface area (Å²) in [5.74, 6) is 0.186. The van der Waals surface area contributed by atoms with Crippen LogP contribution >= 0.6 is 0 Å². The van der Waals surface area contributed by atoms with Gasteiger partial charge in [-0.05, 0) is 18.6 Å². The number of para-hydroxylation sites is 1. The zero-order valence-electron chi connectivity index (χ0n) is 9.72. The van der Waals surface area contributed by atoms with E-state index in [0.717, 1.165) is 5.69 Å². The van der Waals surface area contributed by atoms with Gasteiger partial charge in [0.15, 0.2) is 0 Å². The largest absolute Gasteiger partial charge is 0.409 e. The van der Waals surface area contributed by atoms with Crippen LogP contribution < -0.4 is 10.6 Å². The van der Waals surface area contributed by atoms with Crippen molar-refractivity contribution in [1.82, 2.24) is 0 Å². The standard InChI is InChI=1S/C12H18FN3O/c13-8-4-9-16(10-7-12(14)15-17)11-5-2-1-3-6-11/h1-3,5-6,17H,4,7-10H2,(H2,14,15). The van der Waals surface area contributed by atoms with Crippen molar-refractivity contribution in [3.63, 3.8) is 0 Å². The fourth-order valence-electron chi connectivity index (χ4n) is 1.56. The summed E-state index contributed by atoms with van der Waals surface area (Å²) in [6.07, 6.45) is 0.933. The molecule has 1 aromatic carbocycles. The molecule has 0 aliphatic rings. The van der Waals surface area contributed by atoms with E-state index in [0.29, 0.717) is 25.9 Å². The fraction of sp³-hybridized carbons (Fsp3) is 0.417. The van der Waals surface area contributed by atoms with Crippen molar-refractivity contribution < 1.29 is 9.60 Å². The predicted octanol–water partition coefficient (Wildman–Crippen LogP) is 1.99. The first-order chi connectivity index (χ1) is 8.27. The third-order valence-corrected chi connectivity index (χ3v) is 2.45. The lowest BCUT2D eigenvalue weighted by molar-refractivity contribution is 0.317. The maximum atomic E-state index is 12.2. The van der Waals surface area contributed by atoms with E-state index in [1.807, 2.05) is 35.2 Å². The minimum Gasteiger partial charge on any atom is -0.409 e. The van der Waals surface area contributed by atoms with Gasteiger partial charge in [-0.3, -0.25) is 4.39 Å². The molecule has 17 heavy (non-hydrogen) atoms. The molecule has 1 rings (SSSR count). The molecule has 0 saturated carbocycles. The quantitative estimate of drug-likeness (QED) is 0.331. The van der Waals surface area contributed by atoms with Crippen LogP contribution in [0.25, 0.3) is 0 Å². The summed E-state index contributed by atoms with van der Waals surface area (Å²) in [7, 11) is 0. The van der Waals surface area contributed by atoms with Crippen LogP contribution in [-0.2, 0) is 0 Å². The Bertz CT molecular complexity index is 343. The van der Waals surface area contributed by atoms with Crippen LogP contribution in [-0.4, -0.2) is 30.8 Å². The molecule has 0 bridgehead atoms. The number of amidine groups is 1. The number of hydrogen-bond acceptors (Lipinski definition) is 3. The molecule has 0 aromatic heterocycles. The van der Waals surface area contributed by atoms with Crippen LogP contribution in [0.15, 0.2) is 35.5 Å². The Morgan fingerprint density at radius 3 is 2.59 bits per heavy atom. The minimum atomic E-state index is -0.340. The number of benzene rings is 1. The smallest absolute Gasteiger partial charge is 0.140 e. The Hall–Kier alpha value is -1.78. The van der Waals surface area contributed by atoms with Crippen LogP contribution in [0.2, 0.25) is 0 Å². The van der Waals surface area contributed by atoms with Gasteiger partial charge in [0.25, 0.3) is 0 Å². The number of alkyl halides is 1. The van der Waals surface area contributed by atoms with E-state index in [1.54, 1.807) is 0 Å². The van der Waals surface area contributed by atoms with Crippen molar-refractivity contribution in [2.45, 2.75) is 12.8 Å². The molecular weight excluding hydrogens is 221 g/mol. The minimum absolute atomic E-state index is 0.186. The summed E-state index contributed by atoms with van der Waals surface area (Å²) < 4.78 is 12.2. The molecule has 5 heteroatoms. The number of anilines is 1. The van der Waals surface area contributed by atoms with E-state index < -0.39 is 0 Å². The van der Waals surface area contributed by atoms with Gasteiger partial charge < -0.3 is 15.8 Å². The Balaban J connectivity index is 2.61. The maximum Gasteiger partial charge on any atom is 0.140 e. The first kappa shape index (κ1) is 13.3. The van der Waals surface area contributed by atoms with E-state index in [-0.39, 0.29) is 12.5 Å². The third kappa shape index (κ3) is 4.72. The molecule has 4 nitrogen and oxygen atoms in total. The molecular formula is C12H18FN3O. The molecule has 0 aliphatic heterocycles. The Kier molecular flexibility index (Phi) is 5.85. The number of halogens is 1. The average molecular weight is 239 g/mol. The maximum absolute atomic E-state index is 12.2. The molecule has 0 unspecified atom stereocenters. The van der Waals surface area contributed by atoms with Crippen LogP contribution in [0.5, 0.6) is 0 Å². The SMILES string of the molecule is N/C(CCN(CCCF)c1ccccc1)=N/O. The molecule has 3 N–H and O–H groups in total. The summed E-state index contributed by atoms with van der Waals surface area (Å²) in [5, 5.41) is 11.4. The van der Waals surface area contributed by atoms with Crippen LogP contribution in [0.3, 0.4) is 0 Å². The number of hydrogen-bond donors (Lipinski definition) is 2. The number of nitrogens with zero attached hydrogens (tertiary/aromatic N) is 2. The van der Waals surface area contributed by atoms with Crippen molar-refractivity contribution in [2.75, 3.05) is 24.7 Å². The van der Waals surface area contributed by atoms with Gasteiger partial charge in [0, 0.05) is 25.2 Å². The molecule has 0 heterocycles. The van der Waals surface area contributed by atoms with Crippen molar-refractivity contribution in [2.24, 2.45) is 10.9 Å². The van der Waals surface area contributed by atoms with Crippen molar-refractivity contribution in [3.8, 4) is 0 Å². The lowest BCUT2D eigenvalue weighted by atomic mass is 10.2. The molecule has 0 fully saturated rings. The highest BCUT2D eigenvalue weighted by Crippen LogP contribution is 2.13. The lowest BCUT2D eigenvalue weighted by Crippen LogP contribution is -2.29. The molecule has 0 amide bonds. The zero-order valence-corrected chi connectivity index (χ0v) is 9.72. The summed E-state index contributed by atoms with van der Waals surface area (Å²) in [6, 6.07) is 9.72. The number of nitrogens with two attached hydrogens (primary N) is 1. The highest BCUT2D eigenvalue weighted by atomic mass is 19.1. The average Bonchev–Trinajstić information content (AvgIpc) is 2.39. The van der Waals surface area contributed by atoms with Crippen LogP contribution in [0.4, 0.5) is 10.1 Å². The van der Waals surface area contributed by atoms with E-state index in [4.69, 9.17) is 10.9 Å². The third-order valence-electron chi connectivity index (χ3n) is 2.45.